The largest absolute Gasteiger partial charge is 0.461 e. The normalized spacial score (nSPS) is 10.2. The highest BCUT2D eigenvalue weighted by Crippen LogP contribution is 2.23. The van der Waals surface area contributed by atoms with Gasteiger partial charge in [0.05, 0.1) is 24.6 Å². The lowest BCUT2D eigenvalue weighted by atomic mass is 10.3. The summed E-state index contributed by atoms with van der Waals surface area (Å²) in [7, 11) is 0. The summed E-state index contributed by atoms with van der Waals surface area (Å²) in [5.41, 5.74) is 11.6. The number of hydrogen-bond acceptors (Lipinski definition) is 9. The lowest BCUT2D eigenvalue weighted by molar-refractivity contribution is 0.0511. The van der Waals surface area contributed by atoms with Gasteiger partial charge in [0.25, 0.3) is 0 Å². The minimum atomic E-state index is -0.664. The molecule has 9 nitrogen and oxygen atoms in total. The fraction of sp³-hybridized carbons (Fsp3) is 0.250. The van der Waals surface area contributed by atoms with Crippen LogP contribution in [0.3, 0.4) is 0 Å². The number of nitrogens with two attached hydrogens (primary N) is 2. The van der Waals surface area contributed by atoms with Crippen molar-refractivity contribution in [2.45, 2.75) is 13.8 Å². The Kier molecular flexibility index (Phi) is 5.72. The summed E-state index contributed by atoms with van der Waals surface area (Å²) in [5.74, 6) is -1.21. The molecule has 0 atom stereocenters. The second-order valence-electron chi connectivity index (χ2n) is 4.72. The molecule has 9 heteroatoms. The van der Waals surface area contributed by atoms with Crippen molar-refractivity contribution in [2.24, 2.45) is 0 Å². The zero-order valence-corrected chi connectivity index (χ0v) is 13.8. The van der Waals surface area contributed by atoms with Gasteiger partial charge < -0.3 is 25.7 Å². The predicted molar refractivity (Wildman–Crippen MR) is 89.3 cm³/mol. The fourth-order valence-electron chi connectivity index (χ4n) is 1.85. The molecule has 0 aliphatic heterocycles. The van der Waals surface area contributed by atoms with Gasteiger partial charge in [0.1, 0.15) is 0 Å². The number of nitrogens with zero attached hydrogens (tertiary/aromatic N) is 2. The van der Waals surface area contributed by atoms with Crippen LogP contribution in [0.5, 0.6) is 11.8 Å². The molecule has 4 N–H and O–H groups in total. The van der Waals surface area contributed by atoms with Crippen LogP contribution in [0, 0.1) is 0 Å². The minimum Gasteiger partial charge on any atom is -0.461 e. The van der Waals surface area contributed by atoms with E-state index in [2.05, 4.69) is 9.97 Å². The number of anilines is 2. The van der Waals surface area contributed by atoms with Crippen LogP contribution >= 0.6 is 0 Å². The van der Waals surface area contributed by atoms with E-state index in [1.54, 1.807) is 13.8 Å². The van der Waals surface area contributed by atoms with Crippen LogP contribution in [0.2, 0.25) is 0 Å². The lowest BCUT2D eigenvalue weighted by Crippen LogP contribution is -2.12. The molecule has 0 unspecified atom stereocenters. The molecule has 0 aromatic carbocycles. The third kappa shape index (κ3) is 4.34. The van der Waals surface area contributed by atoms with E-state index in [9.17, 15) is 9.59 Å². The molecule has 2 rings (SSSR count). The Balaban J connectivity index is 2.28. The van der Waals surface area contributed by atoms with Crippen molar-refractivity contribution in [3.05, 3.63) is 35.7 Å². The van der Waals surface area contributed by atoms with Crippen molar-refractivity contribution in [3.63, 3.8) is 0 Å². The van der Waals surface area contributed by atoms with Gasteiger partial charge in [0, 0.05) is 12.1 Å². The van der Waals surface area contributed by atoms with E-state index in [1.807, 2.05) is 0 Å². The van der Waals surface area contributed by atoms with E-state index in [-0.39, 0.29) is 47.7 Å². The molecular formula is C16H18N4O5. The maximum absolute atomic E-state index is 11.8. The van der Waals surface area contributed by atoms with E-state index in [0.29, 0.717) is 0 Å². The van der Waals surface area contributed by atoms with Crippen LogP contribution in [0.25, 0.3) is 0 Å². The van der Waals surface area contributed by atoms with E-state index in [0.717, 1.165) is 0 Å². The number of rotatable bonds is 6. The number of nitrogen functional groups attached to an aromatic ring is 2. The van der Waals surface area contributed by atoms with Gasteiger partial charge in [-0.2, -0.15) is 0 Å². The Morgan fingerprint density at radius 3 is 1.60 bits per heavy atom. The highest BCUT2D eigenvalue weighted by atomic mass is 16.5. The van der Waals surface area contributed by atoms with Crippen LogP contribution < -0.4 is 16.2 Å². The first kappa shape index (κ1) is 18.0. The predicted octanol–water partition coefficient (Wildman–Crippen LogP) is 1.79. The number of hydrogen-bond donors (Lipinski definition) is 2. The second kappa shape index (κ2) is 7.95. The van der Waals surface area contributed by atoms with E-state index in [1.165, 1.54) is 24.3 Å². The molecule has 0 amide bonds. The maximum Gasteiger partial charge on any atom is 0.359 e. The summed E-state index contributed by atoms with van der Waals surface area (Å²) < 4.78 is 15.2. The first-order valence-corrected chi connectivity index (χ1v) is 7.51. The standard InChI is InChI=1S/C16H18N4O5/c1-3-23-15(21)13-9(17)5-7-11(19-13)25-12-8-6-10(18)14(20-12)16(22)24-4-2/h5-8H,3-4,17-18H2,1-2H3. The van der Waals surface area contributed by atoms with Crippen molar-refractivity contribution >= 4 is 23.3 Å². The highest BCUT2D eigenvalue weighted by molar-refractivity contribution is 5.93. The van der Waals surface area contributed by atoms with Gasteiger partial charge in [0.2, 0.25) is 11.8 Å². The van der Waals surface area contributed by atoms with Gasteiger partial charge in [-0.25, -0.2) is 19.6 Å². The van der Waals surface area contributed by atoms with E-state index in [4.69, 9.17) is 25.7 Å². The Bertz CT molecular complexity index is 729. The molecule has 2 aromatic heterocycles. The van der Waals surface area contributed by atoms with Crippen LogP contribution in [0.4, 0.5) is 11.4 Å². The van der Waals surface area contributed by atoms with Crippen LogP contribution in [0.15, 0.2) is 24.3 Å². The van der Waals surface area contributed by atoms with Gasteiger partial charge in [-0.1, -0.05) is 0 Å². The molecule has 0 fully saturated rings. The Morgan fingerprint density at radius 1 is 0.840 bits per heavy atom. The van der Waals surface area contributed by atoms with Crippen LogP contribution in [0.1, 0.15) is 34.8 Å². The van der Waals surface area contributed by atoms with Gasteiger partial charge in [0.15, 0.2) is 11.4 Å². The lowest BCUT2D eigenvalue weighted by Gasteiger charge is -2.09. The average molecular weight is 346 g/mol. The second-order valence-corrected chi connectivity index (χ2v) is 4.72. The molecule has 0 saturated carbocycles. The quantitative estimate of drug-likeness (QED) is 0.749. The summed E-state index contributed by atoms with van der Waals surface area (Å²) in [6, 6.07) is 5.83. The van der Waals surface area contributed by atoms with Gasteiger partial charge in [-0.05, 0) is 26.0 Å². The number of ether oxygens (including phenoxy) is 3. The third-order valence-electron chi connectivity index (χ3n) is 2.95. The monoisotopic (exact) mass is 346 g/mol. The van der Waals surface area contributed by atoms with E-state index < -0.39 is 11.9 Å². The summed E-state index contributed by atoms with van der Waals surface area (Å²) in [6.45, 7) is 3.72. The first-order valence-electron chi connectivity index (χ1n) is 7.51. The number of aromatic nitrogens is 2. The molecule has 132 valence electrons. The molecule has 2 aromatic rings. The van der Waals surface area contributed by atoms with Gasteiger partial charge >= 0.3 is 11.9 Å². The topological polar surface area (TPSA) is 140 Å². The summed E-state index contributed by atoms with van der Waals surface area (Å²) in [6.07, 6.45) is 0. The van der Waals surface area contributed by atoms with Crippen molar-refractivity contribution in [1.82, 2.24) is 9.97 Å². The third-order valence-corrected chi connectivity index (χ3v) is 2.95. The van der Waals surface area contributed by atoms with Crippen molar-refractivity contribution in [2.75, 3.05) is 24.7 Å². The molecule has 0 aliphatic rings. The number of pyridine rings is 2. The first-order chi connectivity index (χ1) is 12.0. The minimum absolute atomic E-state index is 0.0596. The zero-order chi connectivity index (χ0) is 18.4. The molecule has 0 bridgehead atoms. The summed E-state index contributed by atoms with van der Waals surface area (Å²) in [5, 5.41) is 0. The highest BCUT2D eigenvalue weighted by Gasteiger charge is 2.17. The fourth-order valence-corrected chi connectivity index (χ4v) is 1.85. The summed E-state index contributed by atoms with van der Waals surface area (Å²) in [4.78, 5) is 31.7. The Morgan fingerprint density at radius 2 is 1.24 bits per heavy atom. The van der Waals surface area contributed by atoms with E-state index >= 15 is 0 Å². The van der Waals surface area contributed by atoms with Crippen molar-refractivity contribution in [1.29, 1.82) is 0 Å². The SMILES string of the molecule is CCOC(=O)c1nc(Oc2ccc(N)c(C(=O)OCC)n2)ccc1N. The molecule has 0 saturated heterocycles. The van der Waals surface area contributed by atoms with Crippen molar-refractivity contribution < 1.29 is 23.8 Å². The Hall–Kier alpha value is -3.36. The molecule has 2 heterocycles. The number of carbonyl (C=O) groups is 2. The molecular weight excluding hydrogens is 328 g/mol. The van der Waals surface area contributed by atoms with Gasteiger partial charge in [-0.3, -0.25) is 0 Å². The molecule has 0 aliphatic carbocycles. The average Bonchev–Trinajstić information content (AvgIpc) is 2.58. The van der Waals surface area contributed by atoms with Crippen LogP contribution in [-0.2, 0) is 9.47 Å². The maximum atomic E-state index is 11.8. The smallest absolute Gasteiger partial charge is 0.359 e. The zero-order valence-electron chi connectivity index (χ0n) is 13.8. The number of carbonyl (C=O) groups excluding carboxylic acids is 2. The number of esters is 2. The molecule has 0 spiro atoms. The molecule has 0 radical (unpaired) electrons. The summed E-state index contributed by atoms with van der Waals surface area (Å²) >= 11 is 0. The Labute approximate surface area is 143 Å². The van der Waals surface area contributed by atoms with Crippen LogP contribution in [-0.4, -0.2) is 35.1 Å². The van der Waals surface area contributed by atoms with Crippen molar-refractivity contribution in [3.8, 4) is 11.8 Å². The molecule has 25 heavy (non-hydrogen) atoms. The van der Waals surface area contributed by atoms with Gasteiger partial charge in [-0.15, -0.1) is 0 Å².